The first-order valence-electron chi connectivity index (χ1n) is 9.74. The van der Waals surface area contributed by atoms with Crippen LogP contribution in [0.5, 0.6) is 5.75 Å². The number of Topliss-reactive ketones (excluding diaryl/α,β-unsaturated/α-hetero) is 1. The Morgan fingerprint density at radius 2 is 1.75 bits per heavy atom. The lowest BCUT2D eigenvalue weighted by molar-refractivity contribution is -0.117. The van der Waals surface area contributed by atoms with Crippen molar-refractivity contribution in [1.29, 1.82) is 0 Å². The maximum Gasteiger partial charge on any atom is 0.238 e. The van der Waals surface area contributed by atoms with Gasteiger partial charge in [-0.2, -0.15) is 0 Å². The normalized spacial score (nSPS) is 15.2. The van der Waals surface area contributed by atoms with E-state index in [9.17, 15) is 9.59 Å². The molecule has 28 heavy (non-hydrogen) atoms. The zero-order valence-corrected chi connectivity index (χ0v) is 16.8. The fourth-order valence-corrected chi connectivity index (χ4v) is 3.69. The van der Waals surface area contributed by atoms with E-state index < -0.39 is 0 Å². The number of nitrogens with zero attached hydrogens (tertiary/aromatic N) is 1. The van der Waals surface area contributed by atoms with Gasteiger partial charge in [0.15, 0.2) is 5.78 Å². The predicted molar refractivity (Wildman–Crippen MR) is 111 cm³/mol. The molecular weight excluding hydrogens is 352 g/mol. The molecule has 1 saturated heterocycles. The van der Waals surface area contributed by atoms with Crippen LogP contribution >= 0.6 is 0 Å². The minimum Gasteiger partial charge on any atom is -0.497 e. The molecule has 0 aliphatic carbocycles. The lowest BCUT2D eigenvalue weighted by Crippen LogP contribution is -2.40. The first-order valence-corrected chi connectivity index (χ1v) is 9.74. The average Bonchev–Trinajstić information content (AvgIpc) is 2.70. The van der Waals surface area contributed by atoms with Gasteiger partial charge in [-0.3, -0.25) is 14.5 Å². The van der Waals surface area contributed by atoms with Crippen LogP contribution in [0.15, 0.2) is 42.5 Å². The fraction of sp³-hybridized carbons (Fsp3) is 0.391. The summed E-state index contributed by atoms with van der Waals surface area (Å²) in [4.78, 5) is 27.2. The molecule has 5 heteroatoms. The van der Waals surface area contributed by atoms with E-state index in [4.69, 9.17) is 4.74 Å². The number of likely N-dealkylation sites (tertiary alicyclic amines) is 1. The van der Waals surface area contributed by atoms with E-state index >= 15 is 0 Å². The first-order chi connectivity index (χ1) is 13.5. The highest BCUT2D eigenvalue weighted by Crippen LogP contribution is 2.23. The van der Waals surface area contributed by atoms with Gasteiger partial charge in [-0.1, -0.05) is 17.7 Å². The van der Waals surface area contributed by atoms with Crippen molar-refractivity contribution in [2.45, 2.75) is 26.7 Å². The summed E-state index contributed by atoms with van der Waals surface area (Å²) in [6, 6.07) is 13.3. The second kappa shape index (κ2) is 9.02. The number of nitrogens with one attached hydrogen (secondary N) is 1. The number of hydrogen-bond donors (Lipinski definition) is 1. The molecule has 0 spiro atoms. The fourth-order valence-electron chi connectivity index (χ4n) is 3.69. The molecule has 1 aliphatic rings. The van der Waals surface area contributed by atoms with Gasteiger partial charge in [0.05, 0.1) is 13.7 Å². The number of ether oxygens (including phenoxy) is 1. The Bertz CT molecular complexity index is 837. The number of carbonyl (C=O) groups excluding carboxylic acids is 2. The van der Waals surface area contributed by atoms with E-state index in [-0.39, 0.29) is 17.6 Å². The third-order valence-electron chi connectivity index (χ3n) is 5.36. The molecule has 0 unspecified atom stereocenters. The number of methoxy groups -OCH3 is 1. The van der Waals surface area contributed by atoms with Crippen molar-refractivity contribution in [3.05, 3.63) is 59.2 Å². The summed E-state index contributed by atoms with van der Waals surface area (Å²) in [6.07, 6.45) is 1.56. The van der Waals surface area contributed by atoms with Crippen molar-refractivity contribution in [3.8, 4) is 5.75 Å². The number of rotatable bonds is 6. The molecule has 0 bridgehead atoms. The molecule has 2 aromatic carbocycles. The summed E-state index contributed by atoms with van der Waals surface area (Å²) in [5, 5.41) is 3.00. The second-order valence-electron chi connectivity index (χ2n) is 7.51. The number of benzene rings is 2. The quantitative estimate of drug-likeness (QED) is 0.774. The highest BCUT2D eigenvalue weighted by molar-refractivity contribution is 5.98. The molecule has 0 aromatic heterocycles. The molecule has 0 saturated carbocycles. The standard InChI is InChI=1S/C23H28N2O3/c1-16-4-9-21(17(2)14-16)24-22(26)15-25-12-10-19(11-13-25)23(27)18-5-7-20(28-3)8-6-18/h4-9,14,19H,10-13,15H2,1-3H3,(H,24,26). The third kappa shape index (κ3) is 4.98. The Hall–Kier alpha value is -2.66. The van der Waals surface area contributed by atoms with Crippen LogP contribution in [0.2, 0.25) is 0 Å². The van der Waals surface area contributed by atoms with Gasteiger partial charge in [0, 0.05) is 17.2 Å². The smallest absolute Gasteiger partial charge is 0.238 e. The van der Waals surface area contributed by atoms with E-state index in [1.165, 1.54) is 5.56 Å². The Morgan fingerprint density at radius 1 is 1.07 bits per heavy atom. The minimum absolute atomic E-state index is 0.00751. The van der Waals surface area contributed by atoms with Crippen molar-refractivity contribution in [3.63, 3.8) is 0 Å². The van der Waals surface area contributed by atoms with E-state index in [0.717, 1.165) is 48.5 Å². The van der Waals surface area contributed by atoms with Crippen molar-refractivity contribution >= 4 is 17.4 Å². The Kier molecular flexibility index (Phi) is 6.47. The summed E-state index contributed by atoms with van der Waals surface area (Å²) >= 11 is 0. The number of carbonyl (C=O) groups is 2. The van der Waals surface area contributed by atoms with Gasteiger partial charge in [-0.25, -0.2) is 0 Å². The largest absolute Gasteiger partial charge is 0.497 e. The molecule has 0 atom stereocenters. The summed E-state index contributed by atoms with van der Waals surface area (Å²) in [7, 11) is 1.61. The van der Waals surface area contributed by atoms with Crippen LogP contribution in [0.1, 0.15) is 34.3 Å². The van der Waals surface area contributed by atoms with Crippen LogP contribution in [0.4, 0.5) is 5.69 Å². The zero-order chi connectivity index (χ0) is 20.1. The maximum atomic E-state index is 12.7. The molecule has 1 heterocycles. The highest BCUT2D eigenvalue weighted by Gasteiger charge is 2.26. The average molecular weight is 380 g/mol. The van der Waals surface area contributed by atoms with Gasteiger partial charge in [0.1, 0.15) is 5.75 Å². The topological polar surface area (TPSA) is 58.6 Å². The van der Waals surface area contributed by atoms with Crippen LogP contribution < -0.4 is 10.1 Å². The van der Waals surface area contributed by atoms with Gasteiger partial charge in [0.25, 0.3) is 0 Å². The SMILES string of the molecule is COc1ccc(C(=O)C2CCN(CC(=O)Nc3ccc(C)cc3C)CC2)cc1. The van der Waals surface area contributed by atoms with E-state index in [1.54, 1.807) is 7.11 Å². The van der Waals surface area contributed by atoms with Crippen molar-refractivity contribution in [1.82, 2.24) is 4.90 Å². The molecule has 1 N–H and O–H groups in total. The lowest BCUT2D eigenvalue weighted by atomic mass is 9.89. The molecule has 2 aromatic rings. The molecule has 1 aliphatic heterocycles. The Balaban J connectivity index is 1.49. The van der Waals surface area contributed by atoms with Gasteiger partial charge in [-0.05, 0) is 75.7 Å². The zero-order valence-electron chi connectivity index (χ0n) is 16.8. The van der Waals surface area contributed by atoms with Gasteiger partial charge in [0.2, 0.25) is 5.91 Å². The van der Waals surface area contributed by atoms with Crippen molar-refractivity contribution < 1.29 is 14.3 Å². The van der Waals surface area contributed by atoms with Crippen molar-refractivity contribution in [2.24, 2.45) is 5.92 Å². The molecule has 0 radical (unpaired) electrons. The Labute approximate surface area is 166 Å². The van der Waals surface area contributed by atoms with Crippen molar-refractivity contribution in [2.75, 3.05) is 32.1 Å². The van der Waals surface area contributed by atoms with Crippen LogP contribution in [-0.2, 0) is 4.79 Å². The highest BCUT2D eigenvalue weighted by atomic mass is 16.5. The Morgan fingerprint density at radius 3 is 2.36 bits per heavy atom. The number of anilines is 1. The summed E-state index contributed by atoms with van der Waals surface area (Å²) in [5.41, 5.74) is 3.84. The van der Waals surface area contributed by atoms with E-state index in [1.807, 2.05) is 50.2 Å². The van der Waals surface area contributed by atoms with Gasteiger partial charge >= 0.3 is 0 Å². The molecule has 1 amide bonds. The first kappa shape index (κ1) is 20.1. The van der Waals surface area contributed by atoms with Gasteiger partial charge in [-0.15, -0.1) is 0 Å². The number of piperidine rings is 1. The maximum absolute atomic E-state index is 12.7. The van der Waals surface area contributed by atoms with E-state index in [2.05, 4.69) is 16.3 Å². The summed E-state index contributed by atoms with van der Waals surface area (Å²) < 4.78 is 5.15. The monoisotopic (exact) mass is 380 g/mol. The van der Waals surface area contributed by atoms with Crippen LogP contribution in [0.3, 0.4) is 0 Å². The van der Waals surface area contributed by atoms with Crippen LogP contribution in [-0.4, -0.2) is 43.3 Å². The number of aryl methyl sites for hydroxylation is 2. The second-order valence-corrected chi connectivity index (χ2v) is 7.51. The van der Waals surface area contributed by atoms with Crippen LogP contribution in [0, 0.1) is 19.8 Å². The summed E-state index contributed by atoms with van der Waals surface area (Å²) in [5.74, 6) is 0.946. The molecule has 1 fully saturated rings. The molecule has 148 valence electrons. The third-order valence-corrected chi connectivity index (χ3v) is 5.36. The number of amides is 1. The van der Waals surface area contributed by atoms with Gasteiger partial charge < -0.3 is 10.1 Å². The van der Waals surface area contributed by atoms with Crippen LogP contribution in [0.25, 0.3) is 0 Å². The minimum atomic E-state index is -0.00751. The van der Waals surface area contributed by atoms with E-state index in [0.29, 0.717) is 6.54 Å². The number of hydrogen-bond acceptors (Lipinski definition) is 4. The molecule has 3 rings (SSSR count). The predicted octanol–water partition coefficient (Wildman–Crippen LogP) is 3.85. The molecular formula is C23H28N2O3. The lowest BCUT2D eigenvalue weighted by Gasteiger charge is -2.30. The summed E-state index contributed by atoms with van der Waals surface area (Å²) in [6.45, 7) is 5.91. The molecule has 5 nitrogen and oxygen atoms in total. The number of ketones is 1.